The predicted molar refractivity (Wildman–Crippen MR) is 93.3 cm³/mol. The van der Waals surface area contributed by atoms with E-state index in [1.54, 1.807) is 31.2 Å². The molecule has 23 heavy (non-hydrogen) atoms. The molecule has 2 aromatic carbocycles. The fraction of sp³-hybridized carbons (Fsp3) is 0.333. The van der Waals surface area contributed by atoms with Crippen molar-refractivity contribution in [3.8, 4) is 0 Å². The fourth-order valence-electron chi connectivity index (χ4n) is 2.99. The van der Waals surface area contributed by atoms with Gasteiger partial charge in [0.1, 0.15) is 5.37 Å². The van der Waals surface area contributed by atoms with E-state index < -0.39 is 15.2 Å². The molecule has 5 heteroatoms. The van der Waals surface area contributed by atoms with Crippen LogP contribution in [0.3, 0.4) is 0 Å². The monoisotopic (exact) mass is 330 g/mol. The van der Waals surface area contributed by atoms with Gasteiger partial charge in [-0.3, -0.25) is 4.90 Å². The highest BCUT2D eigenvalue weighted by Crippen LogP contribution is 2.21. The Morgan fingerprint density at radius 2 is 1.35 bits per heavy atom. The molecule has 2 aromatic rings. The maximum atomic E-state index is 12.7. The lowest BCUT2D eigenvalue weighted by molar-refractivity contribution is 0.243. The number of para-hydroxylation sites is 1. The topological polar surface area (TPSA) is 40.6 Å². The molecule has 122 valence electrons. The first kappa shape index (κ1) is 16.0. The highest BCUT2D eigenvalue weighted by atomic mass is 32.2. The first-order valence-electron chi connectivity index (χ1n) is 7.92. The average Bonchev–Trinajstić information content (AvgIpc) is 2.63. The van der Waals surface area contributed by atoms with Crippen LogP contribution in [-0.2, 0) is 9.84 Å². The maximum Gasteiger partial charge on any atom is 0.194 e. The van der Waals surface area contributed by atoms with Gasteiger partial charge in [-0.2, -0.15) is 0 Å². The molecule has 0 aromatic heterocycles. The first-order valence-corrected chi connectivity index (χ1v) is 9.46. The molecule has 0 radical (unpaired) electrons. The van der Waals surface area contributed by atoms with E-state index in [0.29, 0.717) is 4.90 Å². The minimum atomic E-state index is -3.31. The molecule has 0 aliphatic carbocycles. The highest BCUT2D eigenvalue weighted by molar-refractivity contribution is 7.92. The van der Waals surface area contributed by atoms with Gasteiger partial charge in [-0.05, 0) is 31.2 Å². The zero-order valence-corrected chi connectivity index (χ0v) is 14.1. The molecule has 1 atom stereocenters. The Hall–Kier alpha value is -1.85. The number of benzene rings is 2. The van der Waals surface area contributed by atoms with Gasteiger partial charge >= 0.3 is 0 Å². The number of hydrogen-bond donors (Lipinski definition) is 0. The number of nitrogens with zero attached hydrogens (tertiary/aromatic N) is 2. The third-order valence-corrected chi connectivity index (χ3v) is 6.60. The molecule has 1 unspecified atom stereocenters. The summed E-state index contributed by atoms with van der Waals surface area (Å²) < 4.78 is 25.5. The predicted octanol–water partition coefficient (Wildman–Crippen LogP) is 2.63. The molecule has 0 spiro atoms. The average molecular weight is 330 g/mol. The van der Waals surface area contributed by atoms with Crippen molar-refractivity contribution in [3.05, 3.63) is 60.7 Å². The lowest BCUT2D eigenvalue weighted by atomic mass is 10.2. The van der Waals surface area contributed by atoms with Gasteiger partial charge in [0.15, 0.2) is 9.84 Å². The van der Waals surface area contributed by atoms with E-state index >= 15 is 0 Å². The van der Waals surface area contributed by atoms with Gasteiger partial charge < -0.3 is 4.90 Å². The van der Waals surface area contributed by atoms with Crippen molar-refractivity contribution in [3.63, 3.8) is 0 Å². The summed E-state index contributed by atoms with van der Waals surface area (Å²) in [5, 5.41) is -0.497. The quantitative estimate of drug-likeness (QED) is 0.864. The molecule has 1 fully saturated rings. The van der Waals surface area contributed by atoms with E-state index in [4.69, 9.17) is 0 Å². The smallest absolute Gasteiger partial charge is 0.194 e. The van der Waals surface area contributed by atoms with Crippen LogP contribution >= 0.6 is 0 Å². The molecule has 4 nitrogen and oxygen atoms in total. The van der Waals surface area contributed by atoms with E-state index in [1.165, 1.54) is 5.69 Å². The van der Waals surface area contributed by atoms with Crippen LogP contribution in [0.2, 0.25) is 0 Å². The summed E-state index contributed by atoms with van der Waals surface area (Å²) in [6, 6.07) is 19.0. The molecule has 0 bridgehead atoms. The fourth-order valence-corrected chi connectivity index (χ4v) is 4.52. The summed E-state index contributed by atoms with van der Waals surface area (Å²) in [4.78, 5) is 4.76. The van der Waals surface area contributed by atoms with Gasteiger partial charge in [0.05, 0.1) is 4.90 Å². The minimum Gasteiger partial charge on any atom is -0.369 e. The van der Waals surface area contributed by atoms with Gasteiger partial charge in [-0.15, -0.1) is 0 Å². The molecular weight excluding hydrogens is 308 g/mol. The summed E-state index contributed by atoms with van der Waals surface area (Å²) in [6.45, 7) is 4.99. The van der Waals surface area contributed by atoms with Crippen molar-refractivity contribution in [2.75, 3.05) is 31.1 Å². The van der Waals surface area contributed by atoms with E-state index in [0.717, 1.165) is 26.2 Å². The molecular formula is C18H22N2O2S. The van der Waals surface area contributed by atoms with Crippen LogP contribution in [-0.4, -0.2) is 44.9 Å². The molecule has 1 aliphatic heterocycles. The lowest BCUT2D eigenvalue weighted by Crippen LogP contribution is -2.51. The van der Waals surface area contributed by atoms with Crippen LogP contribution in [0.25, 0.3) is 0 Å². The van der Waals surface area contributed by atoms with Crippen molar-refractivity contribution >= 4 is 15.5 Å². The largest absolute Gasteiger partial charge is 0.369 e. The number of piperazine rings is 1. The third-order valence-electron chi connectivity index (χ3n) is 4.47. The normalized spacial score (nSPS) is 17.9. The first-order chi connectivity index (χ1) is 11.1. The Morgan fingerprint density at radius 1 is 0.826 bits per heavy atom. The molecule has 1 heterocycles. The summed E-state index contributed by atoms with van der Waals surface area (Å²) in [7, 11) is -3.31. The summed E-state index contributed by atoms with van der Waals surface area (Å²) in [5.41, 5.74) is 1.20. The van der Waals surface area contributed by atoms with Gasteiger partial charge in [0.25, 0.3) is 0 Å². The van der Waals surface area contributed by atoms with Crippen LogP contribution in [0.5, 0.6) is 0 Å². The van der Waals surface area contributed by atoms with Crippen molar-refractivity contribution in [2.24, 2.45) is 0 Å². The van der Waals surface area contributed by atoms with Gasteiger partial charge in [0, 0.05) is 31.9 Å². The Morgan fingerprint density at radius 3 is 1.91 bits per heavy atom. The summed E-state index contributed by atoms with van der Waals surface area (Å²) >= 11 is 0. The van der Waals surface area contributed by atoms with Crippen molar-refractivity contribution < 1.29 is 8.42 Å². The molecule has 3 rings (SSSR count). The molecule has 1 saturated heterocycles. The summed E-state index contributed by atoms with van der Waals surface area (Å²) in [6.07, 6.45) is 0. The van der Waals surface area contributed by atoms with Crippen molar-refractivity contribution in [2.45, 2.75) is 17.2 Å². The number of rotatable bonds is 4. The van der Waals surface area contributed by atoms with Crippen LogP contribution < -0.4 is 4.90 Å². The second-order valence-corrected chi connectivity index (χ2v) is 8.06. The Balaban J connectivity index is 1.68. The van der Waals surface area contributed by atoms with Crippen LogP contribution in [0.15, 0.2) is 65.6 Å². The third kappa shape index (κ3) is 3.41. The zero-order valence-electron chi connectivity index (χ0n) is 13.3. The van der Waals surface area contributed by atoms with Crippen LogP contribution in [0.1, 0.15) is 6.92 Å². The maximum absolute atomic E-state index is 12.7. The van der Waals surface area contributed by atoms with Crippen LogP contribution in [0, 0.1) is 0 Å². The number of hydrogen-bond acceptors (Lipinski definition) is 4. The van der Waals surface area contributed by atoms with E-state index in [9.17, 15) is 8.42 Å². The second kappa shape index (κ2) is 6.72. The van der Waals surface area contributed by atoms with E-state index in [1.807, 2.05) is 24.3 Å². The Kier molecular flexibility index (Phi) is 4.68. The minimum absolute atomic E-state index is 0.401. The standard InChI is InChI=1S/C18H22N2O2S/c1-16(23(21,22)18-10-6-3-7-11-18)19-12-14-20(15-13-19)17-8-4-2-5-9-17/h2-11,16H,12-15H2,1H3. The highest BCUT2D eigenvalue weighted by Gasteiger charge is 2.31. The Labute approximate surface area is 138 Å². The number of anilines is 1. The van der Waals surface area contributed by atoms with Crippen LogP contribution in [0.4, 0.5) is 5.69 Å². The van der Waals surface area contributed by atoms with E-state index in [2.05, 4.69) is 21.9 Å². The molecule has 0 saturated carbocycles. The number of sulfone groups is 1. The van der Waals surface area contributed by atoms with Crippen molar-refractivity contribution in [1.29, 1.82) is 0 Å². The SMILES string of the molecule is CC(N1CCN(c2ccccc2)CC1)S(=O)(=O)c1ccccc1. The van der Waals surface area contributed by atoms with E-state index in [-0.39, 0.29) is 0 Å². The zero-order chi connectivity index (χ0) is 16.3. The summed E-state index contributed by atoms with van der Waals surface area (Å²) in [5.74, 6) is 0. The molecule has 1 aliphatic rings. The Bertz CT molecular complexity index is 724. The molecule has 0 amide bonds. The lowest BCUT2D eigenvalue weighted by Gasteiger charge is -2.38. The second-order valence-electron chi connectivity index (χ2n) is 5.82. The van der Waals surface area contributed by atoms with Gasteiger partial charge in [-0.1, -0.05) is 36.4 Å². The molecule has 0 N–H and O–H groups in total. The van der Waals surface area contributed by atoms with Gasteiger partial charge in [0.2, 0.25) is 0 Å². The van der Waals surface area contributed by atoms with Crippen molar-refractivity contribution in [1.82, 2.24) is 4.90 Å². The van der Waals surface area contributed by atoms with Gasteiger partial charge in [-0.25, -0.2) is 8.42 Å².